The van der Waals surface area contributed by atoms with Crippen molar-refractivity contribution < 1.29 is 54.8 Å². The highest BCUT2D eigenvalue weighted by molar-refractivity contribution is 5.87. The quantitative estimate of drug-likeness (QED) is 0.159. The molecule has 0 radical (unpaired) electrons. The molecule has 204 valence electrons. The van der Waals surface area contributed by atoms with Crippen LogP contribution in [-0.4, -0.2) is 111 Å². The molecular weight excluding hydrogens is 490 g/mol. The van der Waals surface area contributed by atoms with Gasteiger partial charge in [0.15, 0.2) is 17.5 Å². The Morgan fingerprint density at radius 2 is 1.89 bits per heavy atom. The number of hydrogen-bond acceptors (Lipinski definition) is 11. The zero-order valence-electron chi connectivity index (χ0n) is 20.9. The van der Waals surface area contributed by atoms with Gasteiger partial charge in [0.05, 0.1) is 23.5 Å². The normalized spacial score (nSPS) is 62.1. The van der Waals surface area contributed by atoms with Crippen LogP contribution >= 0.6 is 0 Å². The first-order chi connectivity index (χ1) is 17.0. The number of ether oxygens (including phenoxy) is 3. The fourth-order valence-corrected chi connectivity index (χ4v) is 9.93. The minimum absolute atomic E-state index is 0.00436. The van der Waals surface area contributed by atoms with Gasteiger partial charge in [-0.3, -0.25) is 0 Å². The standard InChI is InChI=1S/C25H33NO11/c1-11(2)22(32)16(35-14(28)12-6-5-7-26-12)23(33)19(10-27)9-21(31)18(22,4)25(23,34)24(37-21)15(29)17(3)13(36-17)8-20(19,24)30/h5-7,11,13,15-16,26-27,29-34H,8-10H2,1-4H3. The Balaban J connectivity index is 1.57. The van der Waals surface area contributed by atoms with E-state index >= 15 is 0 Å². The maximum Gasteiger partial charge on any atom is 0.355 e. The summed E-state index contributed by atoms with van der Waals surface area (Å²) < 4.78 is 17.7. The topological polar surface area (TPSA) is 205 Å². The lowest BCUT2D eigenvalue weighted by Crippen LogP contribution is -2.77. The molecule has 0 aromatic carbocycles. The number of hydrogen-bond donors (Lipinski definition) is 8. The lowest BCUT2D eigenvalue weighted by Gasteiger charge is -2.60. The number of nitrogens with one attached hydrogen (secondary N) is 1. The number of fused-ring (bicyclic) bond motifs is 1. The number of rotatable bonds is 4. The second kappa shape index (κ2) is 5.93. The van der Waals surface area contributed by atoms with Gasteiger partial charge < -0.3 is 54.9 Å². The van der Waals surface area contributed by atoms with E-state index in [9.17, 15) is 40.5 Å². The maximum atomic E-state index is 13.2. The smallest absolute Gasteiger partial charge is 0.355 e. The number of esters is 1. The Bertz CT molecular complexity index is 1240. The third kappa shape index (κ3) is 1.73. The minimum atomic E-state index is -2.82. The number of aromatic amines is 1. The molecule has 3 saturated heterocycles. The van der Waals surface area contributed by atoms with Crippen LogP contribution in [-0.2, 0) is 14.2 Å². The second-order valence-electron chi connectivity index (χ2n) is 12.7. The Morgan fingerprint density at radius 1 is 1.22 bits per heavy atom. The fraction of sp³-hybridized carbons (Fsp3) is 0.800. The van der Waals surface area contributed by atoms with Gasteiger partial charge >= 0.3 is 5.97 Å². The summed E-state index contributed by atoms with van der Waals surface area (Å²) in [4.78, 5) is 15.9. The highest BCUT2D eigenvalue weighted by atomic mass is 16.7. The van der Waals surface area contributed by atoms with Crippen molar-refractivity contribution in [3.8, 4) is 0 Å². The van der Waals surface area contributed by atoms with Crippen molar-refractivity contribution in [3.05, 3.63) is 24.0 Å². The predicted octanol–water partition coefficient (Wildman–Crippen LogP) is -2.08. The predicted molar refractivity (Wildman–Crippen MR) is 120 cm³/mol. The zero-order valence-corrected chi connectivity index (χ0v) is 20.9. The molecular formula is C25H33NO11. The van der Waals surface area contributed by atoms with E-state index in [2.05, 4.69) is 4.98 Å². The molecule has 8 N–H and O–H groups in total. The lowest BCUT2D eigenvalue weighted by molar-refractivity contribution is -0.392. The minimum Gasteiger partial charge on any atom is -0.451 e. The van der Waals surface area contributed by atoms with E-state index in [4.69, 9.17) is 14.2 Å². The number of carbonyl (C=O) groups excluding carboxylic acids is 1. The van der Waals surface area contributed by atoms with Crippen LogP contribution in [0.4, 0.5) is 0 Å². The zero-order chi connectivity index (χ0) is 27.0. The molecule has 7 aliphatic rings. The first-order valence-corrected chi connectivity index (χ1v) is 12.6. The molecule has 37 heavy (non-hydrogen) atoms. The molecule has 4 heterocycles. The van der Waals surface area contributed by atoms with E-state index in [1.54, 1.807) is 26.8 Å². The Hall–Kier alpha value is -1.61. The molecule has 4 saturated carbocycles. The molecule has 1 spiro atoms. The summed E-state index contributed by atoms with van der Waals surface area (Å²) in [7, 11) is 0. The van der Waals surface area contributed by atoms with E-state index in [1.807, 2.05) is 0 Å². The van der Waals surface area contributed by atoms with Gasteiger partial charge in [-0.25, -0.2) is 4.79 Å². The first-order valence-electron chi connectivity index (χ1n) is 12.6. The third-order valence-corrected chi connectivity index (χ3v) is 11.8. The highest BCUT2D eigenvalue weighted by Crippen LogP contribution is 2.91. The summed E-state index contributed by atoms with van der Waals surface area (Å²) in [5.41, 5.74) is -18.6. The Morgan fingerprint density at radius 3 is 2.46 bits per heavy atom. The monoisotopic (exact) mass is 523 g/mol. The SMILES string of the molecule is CC(C)C1(O)C(OC(=O)c2ccc[nH]2)C2(O)C3(CO)CC4(O)OC5(C(O)C6(C)OC6CC35O)C2(O)C41C. The van der Waals surface area contributed by atoms with E-state index < -0.39 is 93.5 Å². The van der Waals surface area contributed by atoms with Gasteiger partial charge in [0.25, 0.3) is 0 Å². The van der Waals surface area contributed by atoms with E-state index in [-0.39, 0.29) is 12.1 Å². The molecule has 12 atom stereocenters. The van der Waals surface area contributed by atoms with Crippen molar-refractivity contribution >= 4 is 5.97 Å². The van der Waals surface area contributed by atoms with Crippen LogP contribution < -0.4 is 0 Å². The van der Waals surface area contributed by atoms with Gasteiger partial charge in [-0.1, -0.05) is 13.8 Å². The van der Waals surface area contributed by atoms with Gasteiger partial charge in [-0.2, -0.15) is 0 Å². The van der Waals surface area contributed by atoms with Crippen LogP contribution in [0.15, 0.2) is 18.3 Å². The molecule has 12 nitrogen and oxygen atoms in total. The van der Waals surface area contributed by atoms with Gasteiger partial charge in [0, 0.05) is 19.0 Å². The van der Waals surface area contributed by atoms with Crippen LogP contribution in [0.1, 0.15) is 51.0 Å². The Kier molecular flexibility index (Phi) is 3.92. The van der Waals surface area contributed by atoms with Crippen molar-refractivity contribution in [2.75, 3.05) is 6.61 Å². The van der Waals surface area contributed by atoms with Crippen LogP contribution in [0.2, 0.25) is 0 Å². The second-order valence-corrected chi connectivity index (χ2v) is 12.7. The summed E-state index contributed by atoms with van der Waals surface area (Å²) in [6, 6.07) is 2.97. The number of H-pyrrole nitrogens is 1. The number of aromatic nitrogens is 1. The number of epoxide rings is 1. The van der Waals surface area contributed by atoms with E-state index in [0.29, 0.717) is 0 Å². The molecule has 8 rings (SSSR count). The van der Waals surface area contributed by atoms with E-state index in [1.165, 1.54) is 19.2 Å². The average Bonchev–Trinajstić information content (AvgIpc) is 3.14. The molecule has 6 bridgehead atoms. The first kappa shape index (κ1) is 24.4. The van der Waals surface area contributed by atoms with Crippen molar-refractivity contribution in [1.29, 1.82) is 0 Å². The molecule has 0 amide bonds. The molecule has 12 heteroatoms. The maximum absolute atomic E-state index is 13.2. The summed E-state index contributed by atoms with van der Waals surface area (Å²) in [5, 5.41) is 85.5. The molecule has 3 aliphatic heterocycles. The number of aliphatic hydroxyl groups excluding tert-OH is 2. The summed E-state index contributed by atoms with van der Waals surface area (Å²) in [5.74, 6) is -4.30. The molecule has 1 aromatic heterocycles. The molecule has 7 fully saturated rings. The van der Waals surface area contributed by atoms with Crippen LogP contribution in [0.3, 0.4) is 0 Å². The highest BCUT2D eigenvalue weighted by Gasteiger charge is 3.12. The fourth-order valence-electron chi connectivity index (χ4n) is 9.93. The lowest BCUT2D eigenvalue weighted by atomic mass is 9.52. The largest absolute Gasteiger partial charge is 0.451 e. The van der Waals surface area contributed by atoms with Crippen molar-refractivity contribution in [1.82, 2.24) is 4.98 Å². The number of carbonyl (C=O) groups is 1. The van der Waals surface area contributed by atoms with Crippen molar-refractivity contribution in [2.45, 2.75) is 98.2 Å². The van der Waals surface area contributed by atoms with Crippen LogP contribution in [0.25, 0.3) is 0 Å². The van der Waals surface area contributed by atoms with Crippen LogP contribution in [0, 0.1) is 16.7 Å². The summed E-state index contributed by atoms with van der Waals surface area (Å²) in [6.45, 7) is 5.00. The molecule has 12 unspecified atom stereocenters. The molecule has 1 aromatic rings. The van der Waals surface area contributed by atoms with Gasteiger partial charge in [0.1, 0.15) is 39.8 Å². The summed E-state index contributed by atoms with van der Waals surface area (Å²) >= 11 is 0. The Labute approximate surface area is 211 Å². The average molecular weight is 524 g/mol. The number of aliphatic hydroxyl groups is 7. The summed E-state index contributed by atoms with van der Waals surface area (Å²) in [6.07, 6.45) is -3.84. The van der Waals surface area contributed by atoms with Crippen molar-refractivity contribution in [3.63, 3.8) is 0 Å². The molecule has 4 aliphatic carbocycles. The van der Waals surface area contributed by atoms with Gasteiger partial charge in [0.2, 0.25) is 0 Å². The third-order valence-electron chi connectivity index (χ3n) is 11.8. The van der Waals surface area contributed by atoms with E-state index in [0.717, 1.165) is 0 Å². The van der Waals surface area contributed by atoms with Gasteiger partial charge in [-0.15, -0.1) is 0 Å². The van der Waals surface area contributed by atoms with Crippen LogP contribution in [0.5, 0.6) is 0 Å². The van der Waals surface area contributed by atoms with Gasteiger partial charge in [-0.05, 0) is 31.9 Å². The van der Waals surface area contributed by atoms with Crippen molar-refractivity contribution in [2.24, 2.45) is 16.7 Å².